The maximum Gasteiger partial charge on any atom is 0.417 e. The van der Waals surface area contributed by atoms with Gasteiger partial charge < -0.3 is 10.6 Å². The van der Waals surface area contributed by atoms with Gasteiger partial charge in [0.2, 0.25) is 0 Å². The molecule has 0 aliphatic heterocycles. The average Bonchev–Trinajstić information content (AvgIpc) is 3.15. The van der Waals surface area contributed by atoms with Gasteiger partial charge in [0.1, 0.15) is 0 Å². The molecule has 4 rings (SSSR count). The van der Waals surface area contributed by atoms with Gasteiger partial charge in [0, 0.05) is 18.8 Å². The fourth-order valence-corrected chi connectivity index (χ4v) is 4.25. The van der Waals surface area contributed by atoms with Crippen molar-refractivity contribution in [1.82, 2.24) is 20.5 Å². The highest BCUT2D eigenvalue weighted by Crippen LogP contribution is 2.36. The van der Waals surface area contributed by atoms with Crippen molar-refractivity contribution in [3.8, 4) is 0 Å². The summed E-state index contributed by atoms with van der Waals surface area (Å²) in [5.74, 6) is 0.597. The molecule has 1 aliphatic carbocycles. The lowest BCUT2D eigenvalue weighted by Crippen LogP contribution is -2.38. The summed E-state index contributed by atoms with van der Waals surface area (Å²) in [7, 11) is 0. The van der Waals surface area contributed by atoms with E-state index in [1.54, 1.807) is 6.20 Å². The Balaban J connectivity index is 1.30. The van der Waals surface area contributed by atoms with Crippen LogP contribution in [0.25, 0.3) is 11.0 Å². The van der Waals surface area contributed by atoms with Crippen LogP contribution >= 0.6 is 11.6 Å². The molecule has 1 amide bonds. The molecule has 6 nitrogen and oxygen atoms in total. The van der Waals surface area contributed by atoms with E-state index in [1.807, 2.05) is 12.1 Å². The maximum atomic E-state index is 13.0. The lowest BCUT2D eigenvalue weighted by molar-refractivity contribution is -0.137. The number of alkyl halides is 3. The molecule has 1 aliphatic rings. The van der Waals surface area contributed by atoms with E-state index in [4.69, 9.17) is 11.6 Å². The molecule has 0 atom stereocenters. The molecule has 1 saturated carbocycles. The number of nitrogens with one attached hydrogen (secondary N) is 3. The number of H-pyrrole nitrogens is 1. The standard InChI is InChI=1S/C21H21ClF3N5O/c22-17-14(3-1-5-16(17)21(23,24)25)20(31)28-13-8-6-12(7-9-13)11-27-19-15-4-2-10-26-18(15)29-30-19/h1-5,10,12-13H,6-9,11H2,(H,28,31)(H2,26,27,29,30). The van der Waals surface area contributed by atoms with Crippen molar-refractivity contribution in [2.24, 2.45) is 5.92 Å². The molecule has 2 heterocycles. The number of amides is 1. The average molecular weight is 452 g/mol. The van der Waals surface area contributed by atoms with Gasteiger partial charge in [0.25, 0.3) is 5.91 Å². The lowest BCUT2D eigenvalue weighted by atomic mass is 9.86. The largest absolute Gasteiger partial charge is 0.417 e. The number of fused-ring (bicyclic) bond motifs is 1. The van der Waals surface area contributed by atoms with E-state index in [0.29, 0.717) is 5.92 Å². The molecule has 31 heavy (non-hydrogen) atoms. The molecule has 10 heteroatoms. The Hall–Kier alpha value is -2.81. The number of halogens is 4. The van der Waals surface area contributed by atoms with Crippen LogP contribution in [0, 0.1) is 5.92 Å². The third-order valence-corrected chi connectivity index (χ3v) is 6.03. The number of anilines is 1. The summed E-state index contributed by atoms with van der Waals surface area (Å²) in [4.78, 5) is 16.7. The van der Waals surface area contributed by atoms with Crippen LogP contribution in [0.3, 0.4) is 0 Å². The first kappa shape index (κ1) is 21.4. The summed E-state index contributed by atoms with van der Waals surface area (Å²) in [6.07, 6.45) is 0.360. The molecule has 0 bridgehead atoms. The Morgan fingerprint density at radius 2 is 1.94 bits per heavy atom. The van der Waals surface area contributed by atoms with Crippen LogP contribution in [0.5, 0.6) is 0 Å². The predicted octanol–water partition coefficient (Wildman–Crippen LogP) is 5.03. The predicted molar refractivity (Wildman–Crippen MR) is 112 cm³/mol. The van der Waals surface area contributed by atoms with E-state index >= 15 is 0 Å². The molecule has 3 aromatic rings. The van der Waals surface area contributed by atoms with Crippen LogP contribution < -0.4 is 10.6 Å². The highest BCUT2D eigenvalue weighted by molar-refractivity contribution is 6.34. The van der Waals surface area contributed by atoms with Gasteiger partial charge in [-0.25, -0.2) is 4.98 Å². The van der Waals surface area contributed by atoms with Crippen LogP contribution in [-0.2, 0) is 6.18 Å². The summed E-state index contributed by atoms with van der Waals surface area (Å²) in [5.41, 5.74) is -0.429. The minimum Gasteiger partial charge on any atom is -0.368 e. The Labute approximate surface area is 181 Å². The molecule has 1 aromatic carbocycles. The maximum absolute atomic E-state index is 13.0. The van der Waals surface area contributed by atoms with Gasteiger partial charge in [-0.15, -0.1) is 0 Å². The smallest absolute Gasteiger partial charge is 0.368 e. The molecule has 164 valence electrons. The highest BCUT2D eigenvalue weighted by Gasteiger charge is 2.35. The number of carbonyl (C=O) groups is 1. The van der Waals surface area contributed by atoms with E-state index in [2.05, 4.69) is 25.8 Å². The Morgan fingerprint density at radius 3 is 2.68 bits per heavy atom. The molecule has 0 saturated heterocycles. The molecule has 2 aromatic heterocycles. The second kappa shape index (κ2) is 8.74. The minimum atomic E-state index is -4.60. The van der Waals surface area contributed by atoms with Gasteiger partial charge in [-0.2, -0.15) is 18.3 Å². The van der Waals surface area contributed by atoms with Crippen molar-refractivity contribution in [3.05, 3.63) is 52.7 Å². The topological polar surface area (TPSA) is 82.7 Å². The van der Waals surface area contributed by atoms with Gasteiger partial charge in [-0.1, -0.05) is 17.7 Å². The fourth-order valence-electron chi connectivity index (χ4n) is 3.93. The summed E-state index contributed by atoms with van der Waals surface area (Å²) in [6.45, 7) is 0.745. The zero-order valence-electron chi connectivity index (χ0n) is 16.5. The quantitative estimate of drug-likeness (QED) is 0.508. The number of benzene rings is 1. The van der Waals surface area contributed by atoms with Crippen molar-refractivity contribution in [2.45, 2.75) is 37.9 Å². The van der Waals surface area contributed by atoms with E-state index < -0.39 is 22.7 Å². The summed E-state index contributed by atoms with van der Waals surface area (Å²) >= 11 is 5.86. The van der Waals surface area contributed by atoms with Crippen molar-refractivity contribution in [3.63, 3.8) is 0 Å². The van der Waals surface area contributed by atoms with Gasteiger partial charge in [-0.3, -0.25) is 9.89 Å². The molecular formula is C21H21ClF3N5O. The highest BCUT2D eigenvalue weighted by atomic mass is 35.5. The van der Waals surface area contributed by atoms with E-state index in [1.165, 1.54) is 12.1 Å². The van der Waals surface area contributed by atoms with Gasteiger partial charge >= 0.3 is 6.18 Å². The Morgan fingerprint density at radius 1 is 1.16 bits per heavy atom. The number of aromatic nitrogens is 3. The second-order valence-electron chi connectivity index (χ2n) is 7.71. The SMILES string of the molecule is O=C(NC1CCC(CNc2n[nH]c3ncccc23)CC1)c1cccc(C(F)(F)F)c1Cl. The van der Waals surface area contributed by atoms with Crippen molar-refractivity contribution in [1.29, 1.82) is 0 Å². The van der Waals surface area contributed by atoms with Gasteiger partial charge in [0.15, 0.2) is 11.5 Å². The van der Waals surface area contributed by atoms with Crippen LogP contribution in [-0.4, -0.2) is 33.7 Å². The number of aromatic amines is 1. The van der Waals surface area contributed by atoms with Crippen LogP contribution in [0.2, 0.25) is 5.02 Å². The number of pyridine rings is 1. The molecule has 3 N–H and O–H groups in total. The third kappa shape index (κ3) is 4.76. The van der Waals surface area contributed by atoms with Crippen LogP contribution in [0.4, 0.5) is 19.0 Å². The van der Waals surface area contributed by atoms with Crippen molar-refractivity contribution >= 4 is 34.4 Å². The van der Waals surface area contributed by atoms with E-state index in [0.717, 1.165) is 55.1 Å². The molecule has 0 spiro atoms. The monoisotopic (exact) mass is 451 g/mol. The Kier molecular flexibility index (Phi) is 6.04. The zero-order chi connectivity index (χ0) is 22.0. The minimum absolute atomic E-state index is 0.0928. The number of carbonyl (C=O) groups excluding carboxylic acids is 1. The zero-order valence-corrected chi connectivity index (χ0v) is 17.2. The van der Waals surface area contributed by atoms with Crippen LogP contribution in [0.1, 0.15) is 41.6 Å². The van der Waals surface area contributed by atoms with Crippen LogP contribution in [0.15, 0.2) is 36.5 Å². The van der Waals surface area contributed by atoms with E-state index in [-0.39, 0.29) is 11.6 Å². The van der Waals surface area contributed by atoms with Gasteiger partial charge in [-0.05, 0) is 55.9 Å². The Bertz CT molecular complexity index is 1080. The molecule has 0 unspecified atom stereocenters. The van der Waals surface area contributed by atoms with Gasteiger partial charge in [0.05, 0.1) is 21.5 Å². The summed E-state index contributed by atoms with van der Waals surface area (Å²) < 4.78 is 39.1. The van der Waals surface area contributed by atoms with Crippen molar-refractivity contribution < 1.29 is 18.0 Å². The summed E-state index contributed by atoms with van der Waals surface area (Å²) in [5, 5.41) is 13.7. The first-order chi connectivity index (χ1) is 14.8. The number of rotatable bonds is 5. The molecular weight excluding hydrogens is 431 g/mol. The third-order valence-electron chi connectivity index (χ3n) is 5.63. The normalized spacial score (nSPS) is 19.4. The number of hydrogen-bond donors (Lipinski definition) is 3. The number of nitrogens with zero attached hydrogens (tertiary/aromatic N) is 2. The number of hydrogen-bond acceptors (Lipinski definition) is 4. The lowest BCUT2D eigenvalue weighted by Gasteiger charge is -2.29. The first-order valence-corrected chi connectivity index (χ1v) is 10.4. The summed E-state index contributed by atoms with van der Waals surface area (Å²) in [6, 6.07) is 7.08. The fraction of sp³-hybridized carbons (Fsp3) is 0.381. The molecule has 0 radical (unpaired) electrons. The second-order valence-corrected chi connectivity index (χ2v) is 8.09. The van der Waals surface area contributed by atoms with E-state index in [9.17, 15) is 18.0 Å². The first-order valence-electron chi connectivity index (χ1n) is 10.0. The van der Waals surface area contributed by atoms with Crippen molar-refractivity contribution in [2.75, 3.05) is 11.9 Å². The molecule has 1 fully saturated rings.